The lowest BCUT2D eigenvalue weighted by molar-refractivity contribution is 0.628. The number of benzene rings is 2. The second kappa shape index (κ2) is 3.40. The second-order valence-electron chi connectivity index (χ2n) is 2.81. The molecule has 2 aromatic rings. The molecule has 0 bridgehead atoms. The summed E-state index contributed by atoms with van der Waals surface area (Å²) in [5.41, 5.74) is 1.87. The molecule has 0 unspecified atom stereocenters. The molecular formula is C12H8F. The van der Waals surface area contributed by atoms with Crippen molar-refractivity contribution in [2.75, 3.05) is 0 Å². The molecule has 0 saturated heterocycles. The van der Waals surface area contributed by atoms with Gasteiger partial charge in [-0.05, 0) is 35.4 Å². The fourth-order valence-electron chi connectivity index (χ4n) is 1.24. The highest BCUT2D eigenvalue weighted by molar-refractivity contribution is 5.62. The Bertz CT molecular complexity index is 393. The normalized spacial score (nSPS) is 9.92. The first-order valence-electron chi connectivity index (χ1n) is 4.08. The van der Waals surface area contributed by atoms with Gasteiger partial charge in [0.2, 0.25) is 0 Å². The molecule has 0 saturated carbocycles. The summed E-state index contributed by atoms with van der Waals surface area (Å²) in [4.78, 5) is 0. The monoisotopic (exact) mass is 171 g/mol. The summed E-state index contributed by atoms with van der Waals surface area (Å²) in [5, 5.41) is 0. The molecule has 1 heteroatoms. The first-order chi connectivity index (χ1) is 6.36. The van der Waals surface area contributed by atoms with Crippen LogP contribution in [-0.4, -0.2) is 0 Å². The Hall–Kier alpha value is -1.63. The van der Waals surface area contributed by atoms with Gasteiger partial charge in [-0.1, -0.05) is 30.3 Å². The molecule has 0 fully saturated rings. The molecule has 1 radical (unpaired) electrons. The van der Waals surface area contributed by atoms with Crippen molar-refractivity contribution < 1.29 is 4.39 Å². The van der Waals surface area contributed by atoms with Crippen molar-refractivity contribution in [3.63, 3.8) is 0 Å². The maximum atomic E-state index is 12.8. The van der Waals surface area contributed by atoms with E-state index >= 15 is 0 Å². The van der Waals surface area contributed by atoms with Crippen LogP contribution in [0.15, 0.2) is 48.5 Å². The molecule has 2 rings (SSSR count). The summed E-state index contributed by atoms with van der Waals surface area (Å²) >= 11 is 0. The van der Waals surface area contributed by atoms with Gasteiger partial charge in [-0.3, -0.25) is 0 Å². The lowest BCUT2D eigenvalue weighted by Gasteiger charge is -1.99. The summed E-state index contributed by atoms with van der Waals surface area (Å²) in [6, 6.07) is 17.1. The first-order valence-corrected chi connectivity index (χ1v) is 4.08. The van der Waals surface area contributed by atoms with E-state index in [2.05, 4.69) is 6.07 Å². The van der Waals surface area contributed by atoms with Crippen molar-refractivity contribution in [2.24, 2.45) is 0 Å². The van der Waals surface area contributed by atoms with E-state index in [-0.39, 0.29) is 5.82 Å². The Kier molecular flexibility index (Phi) is 2.09. The summed E-state index contributed by atoms with van der Waals surface area (Å²) in [7, 11) is 0. The van der Waals surface area contributed by atoms with Gasteiger partial charge < -0.3 is 0 Å². The number of hydrogen-bond acceptors (Lipinski definition) is 0. The SMILES string of the molecule is Fc1c[c]cc(-c2ccccc2)c1. The Morgan fingerprint density at radius 2 is 1.69 bits per heavy atom. The van der Waals surface area contributed by atoms with Gasteiger partial charge in [0.25, 0.3) is 0 Å². The average Bonchev–Trinajstić information content (AvgIpc) is 2.19. The summed E-state index contributed by atoms with van der Waals surface area (Å²) < 4.78 is 12.8. The fraction of sp³-hybridized carbons (Fsp3) is 0. The molecule has 0 amide bonds. The predicted molar refractivity (Wildman–Crippen MR) is 50.7 cm³/mol. The second-order valence-corrected chi connectivity index (χ2v) is 2.81. The minimum atomic E-state index is -0.249. The summed E-state index contributed by atoms with van der Waals surface area (Å²) in [6.45, 7) is 0. The Morgan fingerprint density at radius 1 is 0.923 bits per heavy atom. The quantitative estimate of drug-likeness (QED) is 0.617. The summed E-state index contributed by atoms with van der Waals surface area (Å²) in [5.74, 6) is -0.249. The molecule has 13 heavy (non-hydrogen) atoms. The molecule has 0 heterocycles. The molecule has 0 spiro atoms. The third-order valence-electron chi connectivity index (χ3n) is 1.86. The minimum absolute atomic E-state index is 0.249. The van der Waals surface area contributed by atoms with E-state index in [1.165, 1.54) is 12.1 Å². The smallest absolute Gasteiger partial charge is 0.124 e. The van der Waals surface area contributed by atoms with Crippen molar-refractivity contribution in [1.82, 2.24) is 0 Å². The largest absolute Gasteiger partial charge is 0.207 e. The van der Waals surface area contributed by atoms with Crippen LogP contribution < -0.4 is 0 Å². The molecule has 0 aliphatic heterocycles. The van der Waals surface area contributed by atoms with E-state index in [4.69, 9.17) is 0 Å². The topological polar surface area (TPSA) is 0 Å². The van der Waals surface area contributed by atoms with Crippen LogP contribution in [0.1, 0.15) is 0 Å². The number of hydrogen-bond donors (Lipinski definition) is 0. The zero-order valence-electron chi connectivity index (χ0n) is 7.00. The number of rotatable bonds is 1. The Labute approximate surface area is 76.7 Å². The van der Waals surface area contributed by atoms with E-state index in [1.54, 1.807) is 6.07 Å². The van der Waals surface area contributed by atoms with Crippen molar-refractivity contribution in [2.45, 2.75) is 0 Å². The van der Waals surface area contributed by atoms with Crippen molar-refractivity contribution in [1.29, 1.82) is 0 Å². The molecule has 63 valence electrons. The van der Waals surface area contributed by atoms with Gasteiger partial charge in [-0.25, -0.2) is 4.39 Å². The van der Waals surface area contributed by atoms with E-state index in [1.807, 2.05) is 30.3 Å². The van der Waals surface area contributed by atoms with E-state index in [0.717, 1.165) is 11.1 Å². The molecule has 0 N–H and O–H groups in total. The maximum absolute atomic E-state index is 12.8. The molecule has 0 aliphatic carbocycles. The van der Waals surface area contributed by atoms with Gasteiger partial charge in [-0.15, -0.1) is 0 Å². The van der Waals surface area contributed by atoms with E-state index < -0.39 is 0 Å². The minimum Gasteiger partial charge on any atom is -0.207 e. The molecule has 0 atom stereocenters. The van der Waals surface area contributed by atoms with Crippen LogP contribution in [-0.2, 0) is 0 Å². The van der Waals surface area contributed by atoms with Crippen LogP contribution >= 0.6 is 0 Å². The molecule has 2 aromatic carbocycles. The van der Waals surface area contributed by atoms with Crippen LogP contribution in [0.5, 0.6) is 0 Å². The van der Waals surface area contributed by atoms with Crippen LogP contribution in [0.3, 0.4) is 0 Å². The van der Waals surface area contributed by atoms with Gasteiger partial charge in [0.15, 0.2) is 0 Å². The van der Waals surface area contributed by atoms with E-state index in [0.29, 0.717) is 0 Å². The van der Waals surface area contributed by atoms with Gasteiger partial charge in [0.1, 0.15) is 5.82 Å². The van der Waals surface area contributed by atoms with Crippen molar-refractivity contribution in [3.8, 4) is 11.1 Å². The van der Waals surface area contributed by atoms with Gasteiger partial charge in [0.05, 0.1) is 0 Å². The third kappa shape index (κ3) is 1.75. The van der Waals surface area contributed by atoms with Crippen molar-refractivity contribution in [3.05, 3.63) is 60.4 Å². The van der Waals surface area contributed by atoms with Gasteiger partial charge >= 0.3 is 0 Å². The Morgan fingerprint density at radius 3 is 2.38 bits per heavy atom. The molecular weight excluding hydrogens is 163 g/mol. The molecule has 0 aromatic heterocycles. The van der Waals surface area contributed by atoms with Crippen LogP contribution in [0.4, 0.5) is 4.39 Å². The van der Waals surface area contributed by atoms with Crippen molar-refractivity contribution >= 4 is 0 Å². The van der Waals surface area contributed by atoms with Gasteiger partial charge in [0, 0.05) is 0 Å². The lowest BCUT2D eigenvalue weighted by Crippen LogP contribution is -1.78. The van der Waals surface area contributed by atoms with Crippen LogP contribution in [0.2, 0.25) is 0 Å². The Balaban J connectivity index is 2.48. The van der Waals surface area contributed by atoms with E-state index in [9.17, 15) is 4.39 Å². The third-order valence-corrected chi connectivity index (χ3v) is 1.86. The highest BCUT2D eigenvalue weighted by atomic mass is 19.1. The first kappa shape index (κ1) is 7.99. The standard InChI is InChI=1S/C12H8F/c13-12-8-4-7-11(9-12)10-5-2-1-3-6-10/h1-3,5-9H. The lowest BCUT2D eigenvalue weighted by atomic mass is 10.1. The fourth-order valence-corrected chi connectivity index (χ4v) is 1.24. The highest BCUT2D eigenvalue weighted by Crippen LogP contribution is 2.18. The maximum Gasteiger partial charge on any atom is 0.124 e. The van der Waals surface area contributed by atoms with Crippen LogP contribution in [0, 0.1) is 11.9 Å². The zero-order chi connectivity index (χ0) is 9.10. The molecule has 0 aliphatic rings. The zero-order valence-corrected chi connectivity index (χ0v) is 7.00. The number of halogens is 1. The molecule has 0 nitrogen and oxygen atoms in total. The van der Waals surface area contributed by atoms with Crippen LogP contribution in [0.25, 0.3) is 11.1 Å². The average molecular weight is 171 g/mol. The van der Waals surface area contributed by atoms with Gasteiger partial charge in [-0.2, -0.15) is 0 Å². The summed E-state index contributed by atoms with van der Waals surface area (Å²) in [6.07, 6.45) is 0. The highest BCUT2D eigenvalue weighted by Gasteiger charge is 1.96. The predicted octanol–water partition coefficient (Wildman–Crippen LogP) is 3.29.